The summed E-state index contributed by atoms with van der Waals surface area (Å²) in [7, 11) is 0. The molecule has 0 aromatic rings. The summed E-state index contributed by atoms with van der Waals surface area (Å²) in [5.74, 6) is -1.35. The maximum Gasteiger partial charge on any atom is 0.314 e. The Morgan fingerprint density at radius 3 is 2.00 bits per heavy atom. The highest BCUT2D eigenvalue weighted by Gasteiger charge is 2.78. The number of hydrogen-bond acceptors (Lipinski definition) is 1. The van der Waals surface area contributed by atoms with E-state index in [9.17, 15) is 4.79 Å². The minimum Gasteiger partial charge on any atom is -0.481 e. The molecule has 2 unspecified atom stereocenters. The first kappa shape index (κ1) is 9.43. The molecule has 0 aromatic heterocycles. The van der Waals surface area contributed by atoms with Gasteiger partial charge in [-0.15, -0.1) is 11.6 Å². The van der Waals surface area contributed by atoms with Crippen molar-refractivity contribution in [2.24, 2.45) is 11.3 Å². The Kier molecular flexibility index (Phi) is 2.07. The first-order chi connectivity index (χ1) is 4.91. The molecule has 0 aromatic carbocycles. The highest BCUT2D eigenvalue weighted by Crippen LogP contribution is 2.69. The van der Waals surface area contributed by atoms with Gasteiger partial charge in [0.1, 0.15) is 9.75 Å². The number of rotatable bonds is 2. The van der Waals surface area contributed by atoms with E-state index in [1.807, 2.05) is 0 Å². The summed E-state index contributed by atoms with van der Waals surface area (Å²) in [6.07, 6.45) is 0. The van der Waals surface area contributed by atoms with E-state index in [0.717, 1.165) is 0 Å². The molecule has 1 rings (SSSR count). The summed E-state index contributed by atoms with van der Waals surface area (Å²) < 4.78 is -1.19. The molecule has 1 N–H and O–H groups in total. The van der Waals surface area contributed by atoms with Crippen LogP contribution in [0.1, 0.15) is 6.92 Å². The second-order valence-corrected chi connectivity index (χ2v) is 4.41. The number of carbonyl (C=O) groups is 1. The Bertz CT molecular complexity index is 204. The number of alkyl halides is 3. The molecule has 0 heterocycles. The molecule has 0 radical (unpaired) electrons. The fraction of sp³-hybridized carbons (Fsp3) is 0.833. The molecule has 1 aliphatic carbocycles. The van der Waals surface area contributed by atoms with Gasteiger partial charge in [0.25, 0.3) is 0 Å². The van der Waals surface area contributed by atoms with Crippen LogP contribution < -0.4 is 0 Å². The minimum absolute atomic E-state index is 0.0451. The Morgan fingerprint density at radius 1 is 1.64 bits per heavy atom. The van der Waals surface area contributed by atoms with Crippen LogP contribution in [-0.2, 0) is 4.79 Å². The van der Waals surface area contributed by atoms with E-state index in [2.05, 4.69) is 0 Å². The molecular formula is C6H7Cl3O2. The standard InChI is InChI=1S/C6H7Cl3O2/c1-3-5(2-7,4(10)11)6(3,8)9/h3H,2H2,1H3,(H,10,11). The van der Waals surface area contributed by atoms with Crippen molar-refractivity contribution < 1.29 is 9.90 Å². The van der Waals surface area contributed by atoms with Crippen molar-refractivity contribution in [3.63, 3.8) is 0 Å². The van der Waals surface area contributed by atoms with Crippen LogP contribution in [0.4, 0.5) is 0 Å². The molecule has 1 saturated carbocycles. The average molecular weight is 217 g/mol. The monoisotopic (exact) mass is 216 g/mol. The Labute approximate surface area is 79.4 Å². The molecule has 2 atom stereocenters. The van der Waals surface area contributed by atoms with Crippen LogP contribution in [0.15, 0.2) is 0 Å². The fourth-order valence-corrected chi connectivity index (χ4v) is 2.81. The number of carboxylic acid groups (broad SMARTS) is 1. The Balaban J connectivity index is 2.93. The van der Waals surface area contributed by atoms with E-state index in [0.29, 0.717) is 0 Å². The van der Waals surface area contributed by atoms with Crippen LogP contribution in [0.25, 0.3) is 0 Å². The summed E-state index contributed by atoms with van der Waals surface area (Å²) in [4.78, 5) is 10.7. The fourth-order valence-electron chi connectivity index (χ4n) is 1.23. The van der Waals surface area contributed by atoms with Crippen molar-refractivity contribution in [1.29, 1.82) is 0 Å². The predicted molar refractivity (Wildman–Crippen MR) is 44.4 cm³/mol. The lowest BCUT2D eigenvalue weighted by molar-refractivity contribution is -0.143. The molecule has 1 aliphatic rings. The van der Waals surface area contributed by atoms with Crippen LogP contribution in [0.2, 0.25) is 0 Å². The van der Waals surface area contributed by atoms with Gasteiger partial charge in [0.15, 0.2) is 0 Å². The van der Waals surface area contributed by atoms with Crippen molar-refractivity contribution in [2.45, 2.75) is 11.3 Å². The topological polar surface area (TPSA) is 37.3 Å². The molecule has 64 valence electrons. The Morgan fingerprint density at radius 2 is 2.00 bits per heavy atom. The van der Waals surface area contributed by atoms with E-state index in [1.165, 1.54) is 0 Å². The lowest BCUT2D eigenvalue weighted by atomic mass is 10.1. The second-order valence-electron chi connectivity index (χ2n) is 2.75. The van der Waals surface area contributed by atoms with E-state index in [4.69, 9.17) is 39.9 Å². The van der Waals surface area contributed by atoms with Crippen molar-refractivity contribution in [1.82, 2.24) is 0 Å². The molecule has 0 bridgehead atoms. The zero-order chi connectivity index (χ0) is 8.86. The smallest absolute Gasteiger partial charge is 0.314 e. The van der Waals surface area contributed by atoms with E-state index >= 15 is 0 Å². The van der Waals surface area contributed by atoms with Gasteiger partial charge in [-0.05, 0) is 0 Å². The van der Waals surface area contributed by atoms with Gasteiger partial charge in [0.2, 0.25) is 0 Å². The Hall–Kier alpha value is 0.340. The van der Waals surface area contributed by atoms with Crippen molar-refractivity contribution in [3.8, 4) is 0 Å². The van der Waals surface area contributed by atoms with Gasteiger partial charge in [-0.1, -0.05) is 30.1 Å². The highest BCUT2D eigenvalue weighted by molar-refractivity contribution is 6.54. The van der Waals surface area contributed by atoms with Gasteiger partial charge in [-0.2, -0.15) is 0 Å². The highest BCUT2D eigenvalue weighted by atomic mass is 35.5. The maximum absolute atomic E-state index is 10.7. The van der Waals surface area contributed by atoms with Crippen LogP contribution in [0.5, 0.6) is 0 Å². The van der Waals surface area contributed by atoms with Crippen molar-refractivity contribution in [3.05, 3.63) is 0 Å². The summed E-state index contributed by atoms with van der Waals surface area (Å²) in [6, 6.07) is 0. The number of carboxylic acids is 1. The van der Waals surface area contributed by atoms with Gasteiger partial charge < -0.3 is 5.11 Å². The third kappa shape index (κ3) is 0.895. The lowest BCUT2D eigenvalue weighted by Crippen LogP contribution is -2.23. The van der Waals surface area contributed by atoms with Crippen molar-refractivity contribution >= 4 is 40.8 Å². The molecule has 0 spiro atoms. The first-order valence-corrected chi connectivity index (χ1v) is 4.37. The molecule has 1 fully saturated rings. The molecular weight excluding hydrogens is 210 g/mol. The average Bonchev–Trinajstić information content (AvgIpc) is 2.30. The summed E-state index contributed by atoms with van der Waals surface area (Å²) in [5.41, 5.74) is -1.14. The number of hydrogen-bond donors (Lipinski definition) is 1. The van der Waals surface area contributed by atoms with E-state index in [1.54, 1.807) is 6.92 Å². The van der Waals surface area contributed by atoms with Gasteiger partial charge in [0, 0.05) is 11.8 Å². The second kappa shape index (κ2) is 2.41. The minimum atomic E-state index is -1.19. The van der Waals surface area contributed by atoms with Crippen molar-refractivity contribution in [2.75, 3.05) is 5.88 Å². The van der Waals surface area contributed by atoms with Crippen LogP contribution in [-0.4, -0.2) is 21.3 Å². The SMILES string of the molecule is CC1C(Cl)(Cl)C1(CCl)C(=O)O. The summed E-state index contributed by atoms with van der Waals surface area (Å²) in [6.45, 7) is 1.68. The van der Waals surface area contributed by atoms with Crippen LogP contribution >= 0.6 is 34.8 Å². The molecule has 2 nitrogen and oxygen atoms in total. The lowest BCUT2D eigenvalue weighted by Gasteiger charge is -2.06. The van der Waals surface area contributed by atoms with E-state index in [-0.39, 0.29) is 11.8 Å². The predicted octanol–water partition coefficient (Wildman–Crippen LogP) is 2.12. The third-order valence-corrected chi connectivity index (χ3v) is 4.14. The molecule has 11 heavy (non-hydrogen) atoms. The summed E-state index contributed by atoms with van der Waals surface area (Å²) in [5, 5.41) is 8.76. The number of aliphatic carboxylic acids is 1. The van der Waals surface area contributed by atoms with Gasteiger partial charge in [-0.25, -0.2) is 0 Å². The van der Waals surface area contributed by atoms with Gasteiger partial charge >= 0.3 is 5.97 Å². The van der Waals surface area contributed by atoms with Gasteiger partial charge in [0.05, 0.1) is 0 Å². The molecule has 0 aliphatic heterocycles. The van der Waals surface area contributed by atoms with E-state index < -0.39 is 15.7 Å². The quantitative estimate of drug-likeness (QED) is 0.720. The zero-order valence-electron chi connectivity index (χ0n) is 5.77. The molecule has 0 saturated heterocycles. The maximum atomic E-state index is 10.7. The normalized spacial score (nSPS) is 40.2. The third-order valence-electron chi connectivity index (χ3n) is 2.39. The number of halogens is 3. The van der Waals surface area contributed by atoms with Crippen LogP contribution in [0, 0.1) is 11.3 Å². The first-order valence-electron chi connectivity index (χ1n) is 3.08. The summed E-state index contributed by atoms with van der Waals surface area (Å²) >= 11 is 16.9. The zero-order valence-corrected chi connectivity index (χ0v) is 8.04. The molecule has 0 amide bonds. The molecule has 5 heteroatoms. The van der Waals surface area contributed by atoms with Gasteiger partial charge in [-0.3, -0.25) is 4.79 Å². The van der Waals surface area contributed by atoms with Crippen LogP contribution in [0.3, 0.4) is 0 Å². The largest absolute Gasteiger partial charge is 0.481 e.